The Morgan fingerprint density at radius 1 is 0.955 bits per heavy atom. The summed E-state index contributed by atoms with van der Waals surface area (Å²) < 4.78 is 0. The molecule has 0 aromatic heterocycles. The predicted octanol–water partition coefficient (Wildman–Crippen LogP) is 2.35. The number of hydrogen-bond acceptors (Lipinski definition) is 3. The number of unbranched alkanes of at least 4 members (excludes halogenated alkanes) is 8. The minimum absolute atomic E-state index is 0.290. The summed E-state index contributed by atoms with van der Waals surface area (Å²) in [5, 5.41) is 11.2. The van der Waals surface area contributed by atoms with E-state index in [1.165, 1.54) is 38.5 Å². The molecule has 0 radical (unpaired) electrons. The van der Waals surface area contributed by atoms with Crippen LogP contribution in [0.4, 0.5) is 0 Å². The fourth-order valence-electron chi connectivity index (χ4n) is 2.26. The second-order valence-electron chi connectivity index (χ2n) is 5.71. The van der Waals surface area contributed by atoms with Crippen molar-refractivity contribution in [3.8, 4) is 0 Å². The Labute approximate surface area is 132 Å². The van der Waals surface area contributed by atoms with Crippen LogP contribution in [0.15, 0.2) is 0 Å². The Hall–Kier alpha value is -1.59. The first-order valence-electron chi connectivity index (χ1n) is 8.27. The van der Waals surface area contributed by atoms with E-state index in [1.54, 1.807) is 0 Å². The third-order valence-electron chi connectivity index (χ3n) is 3.55. The molecule has 0 heterocycles. The molecule has 128 valence electrons. The van der Waals surface area contributed by atoms with Crippen LogP contribution in [0.25, 0.3) is 0 Å². The second-order valence-corrected chi connectivity index (χ2v) is 5.71. The lowest BCUT2D eigenvalue weighted by Crippen LogP contribution is -2.43. The van der Waals surface area contributed by atoms with Crippen molar-refractivity contribution < 1.29 is 19.5 Å². The number of carbonyl (C=O) groups excluding carboxylic acids is 2. The molecule has 2 amide bonds. The zero-order chi connectivity index (χ0) is 16.8. The summed E-state index contributed by atoms with van der Waals surface area (Å²) in [5.41, 5.74) is 4.95. The molecule has 0 aliphatic rings. The Morgan fingerprint density at radius 3 is 1.91 bits per heavy atom. The number of carbonyl (C=O) groups is 3. The highest BCUT2D eigenvalue weighted by Crippen LogP contribution is 2.10. The summed E-state index contributed by atoms with van der Waals surface area (Å²) in [6, 6.07) is -1.22. The summed E-state index contributed by atoms with van der Waals surface area (Å²) in [4.78, 5) is 33.2. The smallest absolute Gasteiger partial charge is 0.326 e. The summed E-state index contributed by atoms with van der Waals surface area (Å²) in [6.07, 6.45) is 10.3. The summed E-state index contributed by atoms with van der Waals surface area (Å²) in [7, 11) is 0. The molecule has 6 nitrogen and oxygen atoms in total. The van der Waals surface area contributed by atoms with Gasteiger partial charge in [-0.15, -0.1) is 0 Å². The van der Waals surface area contributed by atoms with E-state index < -0.39 is 17.9 Å². The Balaban J connectivity index is 3.63. The number of nitrogens with two attached hydrogens (primary N) is 1. The van der Waals surface area contributed by atoms with Crippen molar-refractivity contribution in [3.63, 3.8) is 0 Å². The Bertz CT molecular complexity index is 345. The number of carboxylic acids is 1. The Morgan fingerprint density at radius 2 is 1.45 bits per heavy atom. The van der Waals surface area contributed by atoms with Gasteiger partial charge in [-0.1, -0.05) is 58.3 Å². The maximum atomic E-state index is 11.6. The first-order chi connectivity index (χ1) is 10.5. The molecule has 0 aromatic carbocycles. The fraction of sp³-hybridized carbons (Fsp3) is 0.812. The summed E-state index contributed by atoms with van der Waals surface area (Å²) in [6.45, 7) is 2.20. The first kappa shape index (κ1) is 20.4. The van der Waals surface area contributed by atoms with Gasteiger partial charge in [-0.25, -0.2) is 4.79 Å². The third-order valence-corrected chi connectivity index (χ3v) is 3.55. The summed E-state index contributed by atoms with van der Waals surface area (Å²) in [5.74, 6) is -2.31. The fourth-order valence-corrected chi connectivity index (χ4v) is 2.26. The van der Waals surface area contributed by atoms with Crippen molar-refractivity contribution in [2.75, 3.05) is 0 Å². The van der Waals surface area contributed by atoms with Gasteiger partial charge >= 0.3 is 5.97 Å². The van der Waals surface area contributed by atoms with E-state index in [0.717, 1.165) is 19.3 Å². The highest BCUT2D eigenvalue weighted by atomic mass is 16.4. The quantitative estimate of drug-likeness (QED) is 0.427. The number of amides is 2. The van der Waals surface area contributed by atoms with Gasteiger partial charge in [0.25, 0.3) is 0 Å². The van der Waals surface area contributed by atoms with Gasteiger partial charge in [0.2, 0.25) is 11.8 Å². The molecule has 0 rings (SSSR count). The third kappa shape index (κ3) is 12.2. The van der Waals surface area contributed by atoms with Gasteiger partial charge in [0.05, 0.1) is 6.42 Å². The van der Waals surface area contributed by atoms with Crippen molar-refractivity contribution in [2.24, 2.45) is 5.73 Å². The molecule has 0 bridgehead atoms. The molecule has 1 unspecified atom stereocenters. The topological polar surface area (TPSA) is 109 Å². The molecule has 0 saturated heterocycles. The molecule has 0 aliphatic heterocycles. The molecule has 1 atom stereocenters. The molecule has 4 N–H and O–H groups in total. The molecule has 0 aromatic rings. The van der Waals surface area contributed by atoms with Crippen molar-refractivity contribution in [3.05, 3.63) is 0 Å². The van der Waals surface area contributed by atoms with Crippen LogP contribution in [0.3, 0.4) is 0 Å². The van der Waals surface area contributed by atoms with E-state index >= 15 is 0 Å². The highest BCUT2D eigenvalue weighted by molar-refractivity contribution is 5.88. The standard InChI is InChI=1S/C16H30N2O4/c1-2-3-4-5-6-7-8-9-10-11-15(20)18-13(16(21)22)12-14(17)19/h13H,2-12H2,1H3,(H2,17,19)(H,18,20)(H,21,22). The van der Waals surface area contributed by atoms with Crippen LogP contribution in [-0.2, 0) is 14.4 Å². The average Bonchev–Trinajstić information content (AvgIpc) is 2.44. The van der Waals surface area contributed by atoms with Gasteiger partial charge in [-0.3, -0.25) is 9.59 Å². The van der Waals surface area contributed by atoms with E-state index in [4.69, 9.17) is 10.8 Å². The first-order valence-corrected chi connectivity index (χ1v) is 8.27. The van der Waals surface area contributed by atoms with Crippen LogP contribution in [0.1, 0.15) is 77.6 Å². The zero-order valence-corrected chi connectivity index (χ0v) is 13.6. The lowest BCUT2D eigenvalue weighted by molar-refractivity contribution is -0.143. The number of hydrogen-bond donors (Lipinski definition) is 3. The van der Waals surface area contributed by atoms with Crippen LogP contribution in [0, 0.1) is 0 Å². The number of rotatable bonds is 14. The second kappa shape index (κ2) is 13.1. The van der Waals surface area contributed by atoms with Gasteiger partial charge in [0, 0.05) is 6.42 Å². The summed E-state index contributed by atoms with van der Waals surface area (Å²) >= 11 is 0. The molecular weight excluding hydrogens is 284 g/mol. The van der Waals surface area contributed by atoms with Crippen molar-refractivity contribution in [1.82, 2.24) is 5.32 Å². The number of nitrogens with one attached hydrogen (secondary N) is 1. The van der Waals surface area contributed by atoms with E-state index in [-0.39, 0.29) is 12.3 Å². The lowest BCUT2D eigenvalue weighted by Gasteiger charge is -2.12. The van der Waals surface area contributed by atoms with Crippen LogP contribution < -0.4 is 11.1 Å². The van der Waals surface area contributed by atoms with Crippen molar-refractivity contribution in [2.45, 2.75) is 83.6 Å². The molecule has 0 fully saturated rings. The van der Waals surface area contributed by atoms with Gasteiger partial charge in [0.15, 0.2) is 0 Å². The van der Waals surface area contributed by atoms with Gasteiger partial charge in [-0.05, 0) is 6.42 Å². The van der Waals surface area contributed by atoms with Gasteiger partial charge < -0.3 is 16.2 Å². The van der Waals surface area contributed by atoms with Crippen LogP contribution in [0.2, 0.25) is 0 Å². The van der Waals surface area contributed by atoms with E-state index in [2.05, 4.69) is 12.2 Å². The van der Waals surface area contributed by atoms with Crippen LogP contribution >= 0.6 is 0 Å². The van der Waals surface area contributed by atoms with Crippen LogP contribution in [0.5, 0.6) is 0 Å². The lowest BCUT2D eigenvalue weighted by atomic mass is 10.1. The molecule has 0 saturated carbocycles. The number of carboxylic acid groups (broad SMARTS) is 1. The maximum absolute atomic E-state index is 11.6. The largest absolute Gasteiger partial charge is 0.480 e. The van der Waals surface area contributed by atoms with Crippen molar-refractivity contribution in [1.29, 1.82) is 0 Å². The highest BCUT2D eigenvalue weighted by Gasteiger charge is 2.21. The minimum atomic E-state index is -1.24. The number of primary amides is 1. The monoisotopic (exact) mass is 314 g/mol. The molecule has 0 aliphatic carbocycles. The predicted molar refractivity (Wildman–Crippen MR) is 85.2 cm³/mol. The molecule has 22 heavy (non-hydrogen) atoms. The molecule has 6 heteroatoms. The minimum Gasteiger partial charge on any atom is -0.480 e. The molecule has 0 spiro atoms. The number of aliphatic carboxylic acids is 1. The Kier molecular flexibility index (Phi) is 12.2. The van der Waals surface area contributed by atoms with E-state index in [0.29, 0.717) is 6.42 Å². The average molecular weight is 314 g/mol. The normalized spacial score (nSPS) is 11.9. The maximum Gasteiger partial charge on any atom is 0.326 e. The van der Waals surface area contributed by atoms with E-state index in [1.807, 2.05) is 0 Å². The molecular formula is C16H30N2O4. The van der Waals surface area contributed by atoms with Crippen molar-refractivity contribution >= 4 is 17.8 Å². The van der Waals surface area contributed by atoms with Crippen LogP contribution in [-0.4, -0.2) is 28.9 Å². The van der Waals surface area contributed by atoms with E-state index in [9.17, 15) is 14.4 Å². The zero-order valence-electron chi connectivity index (χ0n) is 13.6. The SMILES string of the molecule is CCCCCCCCCCCC(=O)NC(CC(N)=O)C(=O)O. The van der Waals surface area contributed by atoms with Gasteiger partial charge in [0.1, 0.15) is 6.04 Å². The van der Waals surface area contributed by atoms with Gasteiger partial charge in [-0.2, -0.15) is 0 Å².